The Morgan fingerprint density at radius 2 is 0.470 bits per heavy atom. The standard InChI is InChI=1S/C77H130O6/c1-4-7-10-13-16-19-22-25-28-31-33-35-37-38-40-41-43-46-49-52-55-58-61-64-67-70-76(79)82-73-74(72-81-75(78)69-66-63-60-57-54-51-48-45-30-27-24-21-18-15-12-9-6-3)83-77(80)71-68-65-62-59-56-53-50-47-44-42-39-36-34-32-29-26-23-20-17-14-11-8-5-2/h7-8,10-11,16-17,19-20,25-26,28-29,33-36,42,44,50,53,74H,4-6,9,12-15,18,21-24,27,30-32,37-41,43,45-49,51-52,54-73H2,1-3H3/b10-7-,11-8-,19-16-,20-17-,28-25-,29-26-,35-33-,36-34-,44-42-,53-50-. The number of carbonyl (C=O) groups excluding carboxylic acids is 3. The summed E-state index contributed by atoms with van der Waals surface area (Å²) in [5.74, 6) is -0.902. The van der Waals surface area contributed by atoms with Crippen LogP contribution in [0.1, 0.15) is 329 Å². The van der Waals surface area contributed by atoms with Crippen molar-refractivity contribution >= 4 is 17.9 Å². The van der Waals surface area contributed by atoms with Gasteiger partial charge in [0.25, 0.3) is 0 Å². The number of allylic oxidation sites excluding steroid dienone is 20. The van der Waals surface area contributed by atoms with Crippen LogP contribution < -0.4 is 0 Å². The Hall–Kier alpha value is -4.19. The van der Waals surface area contributed by atoms with Crippen LogP contribution in [0.2, 0.25) is 0 Å². The van der Waals surface area contributed by atoms with E-state index in [1.807, 2.05) is 0 Å². The minimum absolute atomic E-state index is 0.0878. The second-order valence-corrected chi connectivity index (χ2v) is 23.0. The van der Waals surface area contributed by atoms with Crippen molar-refractivity contribution in [3.63, 3.8) is 0 Å². The van der Waals surface area contributed by atoms with Gasteiger partial charge in [0.05, 0.1) is 0 Å². The number of unbranched alkanes of at least 4 members (excludes halogenated alkanes) is 32. The molecule has 1 unspecified atom stereocenters. The second-order valence-electron chi connectivity index (χ2n) is 23.0. The van der Waals surface area contributed by atoms with Crippen LogP contribution in [0.25, 0.3) is 0 Å². The molecule has 1 atom stereocenters. The fraction of sp³-hybridized carbons (Fsp3) is 0.701. The molecule has 0 saturated carbocycles. The molecule has 0 aliphatic heterocycles. The first-order valence-electron chi connectivity index (χ1n) is 35.0. The highest BCUT2D eigenvalue weighted by Crippen LogP contribution is 2.17. The van der Waals surface area contributed by atoms with Crippen molar-refractivity contribution in [1.82, 2.24) is 0 Å². The number of ether oxygens (including phenoxy) is 3. The molecule has 0 amide bonds. The van der Waals surface area contributed by atoms with Gasteiger partial charge in [-0.1, -0.05) is 322 Å². The average Bonchev–Trinajstić information content (AvgIpc) is 3.49. The van der Waals surface area contributed by atoms with Crippen molar-refractivity contribution in [3.05, 3.63) is 122 Å². The van der Waals surface area contributed by atoms with Crippen molar-refractivity contribution in [2.24, 2.45) is 0 Å². The van der Waals surface area contributed by atoms with Crippen LogP contribution in [0, 0.1) is 0 Å². The van der Waals surface area contributed by atoms with Crippen molar-refractivity contribution in [2.75, 3.05) is 13.2 Å². The SMILES string of the molecule is CC/C=C\C/C=C\C/C=C\C/C=C\C/C=C\C/C=C\CCCCCCC(=O)OC(COC(=O)CCCCCCCCCCCCCC/C=C\C/C=C\C/C=C\C/C=C\CC)COC(=O)CCCCCCCCCCCCCCCCCCC. The monoisotopic (exact) mass is 1150 g/mol. The first-order chi connectivity index (χ1) is 41.0. The van der Waals surface area contributed by atoms with Gasteiger partial charge in [-0.05, 0) is 109 Å². The zero-order valence-corrected chi connectivity index (χ0v) is 54.4. The van der Waals surface area contributed by atoms with Crippen molar-refractivity contribution in [2.45, 2.75) is 335 Å². The molecule has 0 aromatic heterocycles. The Bertz CT molecular complexity index is 1700. The summed E-state index contributed by atoms with van der Waals surface area (Å²) in [4.78, 5) is 38.5. The van der Waals surface area contributed by atoms with E-state index < -0.39 is 6.10 Å². The molecule has 0 N–H and O–H groups in total. The van der Waals surface area contributed by atoms with Crippen molar-refractivity contribution < 1.29 is 28.6 Å². The lowest BCUT2D eigenvalue weighted by molar-refractivity contribution is -0.167. The Morgan fingerprint density at radius 1 is 0.253 bits per heavy atom. The zero-order valence-electron chi connectivity index (χ0n) is 54.4. The number of hydrogen-bond donors (Lipinski definition) is 0. The van der Waals surface area contributed by atoms with Crippen molar-refractivity contribution in [1.29, 1.82) is 0 Å². The highest BCUT2D eigenvalue weighted by atomic mass is 16.6. The highest BCUT2D eigenvalue weighted by molar-refractivity contribution is 5.71. The molecule has 0 radical (unpaired) electrons. The van der Waals surface area contributed by atoms with Crippen LogP contribution in [-0.2, 0) is 28.6 Å². The van der Waals surface area contributed by atoms with E-state index in [1.54, 1.807) is 0 Å². The molecule has 6 heteroatoms. The van der Waals surface area contributed by atoms with Crippen LogP contribution in [0.5, 0.6) is 0 Å². The molecule has 0 bridgehead atoms. The van der Waals surface area contributed by atoms with Gasteiger partial charge in [-0.25, -0.2) is 0 Å². The zero-order chi connectivity index (χ0) is 59.9. The summed E-state index contributed by atoms with van der Waals surface area (Å²) in [5.41, 5.74) is 0. The van der Waals surface area contributed by atoms with Crippen LogP contribution in [-0.4, -0.2) is 37.2 Å². The van der Waals surface area contributed by atoms with Crippen LogP contribution in [0.15, 0.2) is 122 Å². The van der Waals surface area contributed by atoms with Crippen LogP contribution in [0.3, 0.4) is 0 Å². The molecule has 0 rings (SSSR count). The molecule has 83 heavy (non-hydrogen) atoms. The van der Waals surface area contributed by atoms with Crippen LogP contribution >= 0.6 is 0 Å². The van der Waals surface area contributed by atoms with Gasteiger partial charge < -0.3 is 14.2 Å². The Balaban J connectivity index is 4.41. The number of carbonyl (C=O) groups is 3. The van der Waals surface area contributed by atoms with E-state index in [9.17, 15) is 14.4 Å². The summed E-state index contributed by atoms with van der Waals surface area (Å²) in [7, 11) is 0. The molecular formula is C77H130O6. The van der Waals surface area contributed by atoms with E-state index in [-0.39, 0.29) is 31.1 Å². The quantitative estimate of drug-likeness (QED) is 0.0261. The summed E-state index contributed by atoms with van der Waals surface area (Å²) >= 11 is 0. The molecular weight excluding hydrogens is 1020 g/mol. The van der Waals surface area contributed by atoms with Gasteiger partial charge in [-0.3, -0.25) is 14.4 Å². The third kappa shape index (κ3) is 68.5. The molecule has 0 saturated heterocycles. The fourth-order valence-corrected chi connectivity index (χ4v) is 9.79. The first kappa shape index (κ1) is 78.8. The molecule has 0 fully saturated rings. The lowest BCUT2D eigenvalue weighted by Gasteiger charge is -2.18. The van der Waals surface area contributed by atoms with Crippen LogP contribution in [0.4, 0.5) is 0 Å². The molecule has 0 spiro atoms. The highest BCUT2D eigenvalue weighted by Gasteiger charge is 2.19. The minimum Gasteiger partial charge on any atom is -0.462 e. The Morgan fingerprint density at radius 3 is 0.735 bits per heavy atom. The summed E-state index contributed by atoms with van der Waals surface area (Å²) in [6.07, 6.45) is 97.8. The molecule has 0 aliphatic rings. The predicted molar refractivity (Wildman–Crippen MR) is 362 cm³/mol. The maximum atomic E-state index is 13.0. The van der Waals surface area contributed by atoms with E-state index in [0.717, 1.165) is 135 Å². The fourth-order valence-electron chi connectivity index (χ4n) is 9.79. The lowest BCUT2D eigenvalue weighted by Crippen LogP contribution is -2.30. The minimum atomic E-state index is -0.796. The van der Waals surface area contributed by atoms with E-state index in [0.29, 0.717) is 19.3 Å². The third-order valence-electron chi connectivity index (χ3n) is 15.0. The lowest BCUT2D eigenvalue weighted by atomic mass is 10.0. The average molecular weight is 1150 g/mol. The van der Waals surface area contributed by atoms with Gasteiger partial charge in [0.1, 0.15) is 13.2 Å². The summed E-state index contributed by atoms with van der Waals surface area (Å²) in [6, 6.07) is 0. The molecule has 6 nitrogen and oxygen atoms in total. The van der Waals surface area contributed by atoms with E-state index in [1.165, 1.54) is 154 Å². The predicted octanol–water partition coefficient (Wildman–Crippen LogP) is 24.3. The number of esters is 3. The van der Waals surface area contributed by atoms with Gasteiger partial charge in [-0.2, -0.15) is 0 Å². The van der Waals surface area contributed by atoms with Gasteiger partial charge >= 0.3 is 17.9 Å². The largest absolute Gasteiger partial charge is 0.462 e. The Labute approximate surface area is 513 Å². The smallest absolute Gasteiger partial charge is 0.306 e. The van der Waals surface area contributed by atoms with E-state index in [2.05, 4.69) is 142 Å². The maximum Gasteiger partial charge on any atom is 0.306 e. The van der Waals surface area contributed by atoms with Gasteiger partial charge in [0.15, 0.2) is 6.10 Å². The van der Waals surface area contributed by atoms with Gasteiger partial charge in [-0.15, -0.1) is 0 Å². The number of hydrogen-bond acceptors (Lipinski definition) is 6. The summed E-state index contributed by atoms with van der Waals surface area (Å²) < 4.78 is 17.0. The third-order valence-corrected chi connectivity index (χ3v) is 15.0. The molecule has 0 aliphatic carbocycles. The topological polar surface area (TPSA) is 78.9 Å². The summed E-state index contributed by atoms with van der Waals surface area (Å²) in [6.45, 7) is 6.43. The second kappa shape index (κ2) is 70.3. The number of rotatable bonds is 63. The van der Waals surface area contributed by atoms with E-state index in [4.69, 9.17) is 14.2 Å². The van der Waals surface area contributed by atoms with E-state index >= 15 is 0 Å². The maximum absolute atomic E-state index is 13.0. The normalized spacial score (nSPS) is 12.9. The molecule has 0 heterocycles. The molecule has 0 aromatic rings. The Kier molecular flexibility index (Phi) is 66.7. The van der Waals surface area contributed by atoms with Gasteiger partial charge in [0, 0.05) is 19.3 Å². The molecule has 0 aromatic carbocycles. The molecule has 474 valence electrons. The van der Waals surface area contributed by atoms with Crippen molar-refractivity contribution in [3.8, 4) is 0 Å². The van der Waals surface area contributed by atoms with Gasteiger partial charge in [0.2, 0.25) is 0 Å². The summed E-state index contributed by atoms with van der Waals surface area (Å²) in [5, 5.41) is 0. The first-order valence-corrected chi connectivity index (χ1v) is 35.0.